The van der Waals surface area contributed by atoms with Gasteiger partial charge >= 0.3 is 0 Å². The minimum Gasteiger partial charge on any atom is -0.467 e. The topological polar surface area (TPSA) is 102 Å². The van der Waals surface area contributed by atoms with Gasteiger partial charge in [-0.3, -0.25) is 4.79 Å². The number of hydrogen-bond donors (Lipinski definition) is 1. The molecule has 152 valence electrons. The summed E-state index contributed by atoms with van der Waals surface area (Å²) in [7, 11) is 1.89. The normalized spacial score (nSPS) is 11.1. The smallest absolute Gasteiger partial charge is 0.235 e. The Kier molecular flexibility index (Phi) is 6.13. The van der Waals surface area contributed by atoms with Crippen LogP contribution in [0.15, 0.2) is 28.0 Å². The van der Waals surface area contributed by atoms with E-state index in [-0.39, 0.29) is 17.6 Å². The molecule has 0 aliphatic heterocycles. The quantitative estimate of drug-likeness (QED) is 0.595. The number of amides is 1. The Morgan fingerprint density at radius 3 is 2.72 bits per heavy atom. The summed E-state index contributed by atoms with van der Waals surface area (Å²) in [5.41, 5.74) is 2.22. The maximum absolute atomic E-state index is 12.6. The zero-order valence-electron chi connectivity index (χ0n) is 17.2. The maximum atomic E-state index is 12.6. The fourth-order valence-electron chi connectivity index (χ4n) is 3.14. The number of aromatic nitrogens is 4. The van der Waals surface area contributed by atoms with Gasteiger partial charge in [0.25, 0.3) is 0 Å². The lowest BCUT2D eigenvalue weighted by molar-refractivity contribution is -0.113. The first-order chi connectivity index (χ1) is 13.8. The Hall–Kier alpha value is -2.99. The van der Waals surface area contributed by atoms with Crippen molar-refractivity contribution in [3.63, 3.8) is 0 Å². The largest absolute Gasteiger partial charge is 0.467 e. The minimum absolute atomic E-state index is 0.166. The number of carbonyl (C=O) groups excluding carboxylic acids is 1. The second kappa shape index (κ2) is 8.57. The van der Waals surface area contributed by atoms with Gasteiger partial charge in [0.05, 0.1) is 24.1 Å². The molecule has 3 rings (SSSR count). The molecule has 0 radical (unpaired) electrons. The van der Waals surface area contributed by atoms with Crippen LogP contribution < -0.4 is 5.32 Å². The van der Waals surface area contributed by atoms with E-state index >= 15 is 0 Å². The van der Waals surface area contributed by atoms with Crippen LogP contribution in [0.5, 0.6) is 0 Å². The van der Waals surface area contributed by atoms with E-state index in [2.05, 4.69) is 21.6 Å². The van der Waals surface area contributed by atoms with E-state index in [0.29, 0.717) is 23.1 Å². The maximum Gasteiger partial charge on any atom is 0.235 e. The molecular formula is C20H24N6O2S. The Balaban J connectivity index is 1.77. The zero-order valence-corrected chi connectivity index (χ0v) is 18.0. The molecule has 8 nitrogen and oxygen atoms in total. The molecule has 0 unspecified atom stereocenters. The van der Waals surface area contributed by atoms with E-state index < -0.39 is 0 Å². The van der Waals surface area contributed by atoms with E-state index in [1.54, 1.807) is 6.26 Å². The Bertz CT molecular complexity index is 1060. The number of rotatable bonds is 7. The molecule has 29 heavy (non-hydrogen) atoms. The van der Waals surface area contributed by atoms with E-state index in [1.807, 2.05) is 56.0 Å². The fraction of sp³-hybridized carbons (Fsp3) is 0.400. The summed E-state index contributed by atoms with van der Waals surface area (Å²) in [6, 6.07) is 5.89. The van der Waals surface area contributed by atoms with Crippen LogP contribution in [0.4, 0.5) is 5.82 Å². The van der Waals surface area contributed by atoms with Crippen molar-refractivity contribution in [2.24, 2.45) is 7.05 Å². The zero-order chi connectivity index (χ0) is 21.1. The van der Waals surface area contributed by atoms with Crippen LogP contribution >= 0.6 is 11.8 Å². The van der Waals surface area contributed by atoms with E-state index in [1.165, 1.54) is 11.8 Å². The number of thioether (sulfide) groups is 1. The molecule has 0 aromatic carbocycles. The van der Waals surface area contributed by atoms with Gasteiger partial charge in [-0.05, 0) is 31.5 Å². The van der Waals surface area contributed by atoms with Crippen molar-refractivity contribution in [3.8, 4) is 6.07 Å². The lowest BCUT2D eigenvalue weighted by Crippen LogP contribution is -2.18. The van der Waals surface area contributed by atoms with Crippen molar-refractivity contribution in [3.05, 3.63) is 46.8 Å². The molecule has 0 saturated heterocycles. The van der Waals surface area contributed by atoms with E-state index in [4.69, 9.17) is 4.42 Å². The number of furan rings is 1. The van der Waals surface area contributed by atoms with Gasteiger partial charge in [0.15, 0.2) is 5.16 Å². The predicted molar refractivity (Wildman–Crippen MR) is 111 cm³/mol. The first-order valence-corrected chi connectivity index (χ1v) is 10.3. The van der Waals surface area contributed by atoms with Gasteiger partial charge in [0.1, 0.15) is 23.5 Å². The highest BCUT2D eigenvalue weighted by Crippen LogP contribution is 2.28. The average Bonchev–Trinajstić information content (AvgIpc) is 3.37. The fourth-order valence-corrected chi connectivity index (χ4v) is 3.86. The van der Waals surface area contributed by atoms with Crippen LogP contribution in [-0.4, -0.2) is 31.0 Å². The number of anilines is 1. The molecular weight excluding hydrogens is 388 g/mol. The van der Waals surface area contributed by atoms with Crippen LogP contribution in [0.25, 0.3) is 0 Å². The van der Waals surface area contributed by atoms with Gasteiger partial charge in [-0.15, -0.1) is 10.2 Å². The molecule has 3 aromatic heterocycles. The molecule has 0 saturated carbocycles. The van der Waals surface area contributed by atoms with Gasteiger partial charge in [-0.1, -0.05) is 25.6 Å². The Labute approximate surface area is 173 Å². The first-order valence-electron chi connectivity index (χ1n) is 9.27. The summed E-state index contributed by atoms with van der Waals surface area (Å²) >= 11 is 1.31. The first kappa shape index (κ1) is 20.7. The molecule has 1 amide bonds. The van der Waals surface area contributed by atoms with Crippen molar-refractivity contribution >= 4 is 23.5 Å². The molecule has 3 heterocycles. The van der Waals surface area contributed by atoms with Crippen molar-refractivity contribution < 1.29 is 9.21 Å². The van der Waals surface area contributed by atoms with Gasteiger partial charge in [0.2, 0.25) is 5.91 Å². The Morgan fingerprint density at radius 1 is 1.38 bits per heavy atom. The summed E-state index contributed by atoms with van der Waals surface area (Å²) in [5.74, 6) is 2.32. The standard InChI is InChI=1S/C20H24N6O2S/c1-12(2)18-23-24-20(25(18)5)29-11-17(27)22-19-16(9-21)13(3)14(4)26(19)10-15-7-6-8-28-15/h6-8,12H,10-11H2,1-5H3,(H,22,27). The van der Waals surface area contributed by atoms with Crippen molar-refractivity contribution in [2.75, 3.05) is 11.1 Å². The lowest BCUT2D eigenvalue weighted by atomic mass is 10.2. The van der Waals surface area contributed by atoms with E-state index in [9.17, 15) is 10.1 Å². The number of hydrogen-bond acceptors (Lipinski definition) is 6. The molecule has 9 heteroatoms. The highest BCUT2D eigenvalue weighted by atomic mass is 32.2. The van der Waals surface area contributed by atoms with Gasteiger partial charge in [-0.2, -0.15) is 5.26 Å². The minimum atomic E-state index is -0.209. The second-order valence-electron chi connectivity index (χ2n) is 7.10. The van der Waals surface area contributed by atoms with E-state index in [0.717, 1.165) is 22.8 Å². The molecule has 0 spiro atoms. The molecule has 0 atom stereocenters. The summed E-state index contributed by atoms with van der Waals surface area (Å²) in [6.45, 7) is 8.34. The van der Waals surface area contributed by atoms with Crippen molar-refractivity contribution in [2.45, 2.75) is 45.3 Å². The molecule has 1 N–H and O–H groups in total. The SMILES string of the molecule is Cc1c(C#N)c(NC(=O)CSc2nnc(C(C)C)n2C)n(Cc2ccco2)c1C. The molecule has 0 fully saturated rings. The van der Waals surface area contributed by atoms with Crippen molar-refractivity contribution in [1.29, 1.82) is 5.26 Å². The van der Waals surface area contributed by atoms with Crippen LogP contribution in [0, 0.1) is 25.2 Å². The van der Waals surface area contributed by atoms with Gasteiger partial charge < -0.3 is 18.9 Å². The number of nitrogens with one attached hydrogen (secondary N) is 1. The third kappa shape index (κ3) is 4.22. The van der Waals surface area contributed by atoms with Gasteiger partial charge in [0, 0.05) is 18.7 Å². The van der Waals surface area contributed by atoms with Crippen LogP contribution in [0.2, 0.25) is 0 Å². The summed E-state index contributed by atoms with van der Waals surface area (Å²) < 4.78 is 9.23. The Morgan fingerprint density at radius 2 is 2.14 bits per heavy atom. The summed E-state index contributed by atoms with van der Waals surface area (Å²) in [5, 5.41) is 21.5. The second-order valence-corrected chi connectivity index (χ2v) is 8.05. The lowest BCUT2D eigenvalue weighted by Gasteiger charge is -2.12. The monoisotopic (exact) mass is 412 g/mol. The average molecular weight is 413 g/mol. The summed E-state index contributed by atoms with van der Waals surface area (Å²) in [4.78, 5) is 12.6. The molecule has 0 bridgehead atoms. The highest BCUT2D eigenvalue weighted by Gasteiger charge is 2.21. The predicted octanol–water partition coefficient (Wildman–Crippen LogP) is 3.60. The van der Waals surface area contributed by atoms with Crippen LogP contribution in [-0.2, 0) is 18.4 Å². The van der Waals surface area contributed by atoms with Crippen LogP contribution in [0.3, 0.4) is 0 Å². The molecule has 0 aliphatic carbocycles. The third-order valence-electron chi connectivity index (χ3n) is 4.81. The van der Waals surface area contributed by atoms with Gasteiger partial charge in [-0.25, -0.2) is 0 Å². The number of nitriles is 1. The molecule has 3 aromatic rings. The molecule has 0 aliphatic rings. The highest BCUT2D eigenvalue weighted by molar-refractivity contribution is 7.99. The van der Waals surface area contributed by atoms with Crippen molar-refractivity contribution in [1.82, 2.24) is 19.3 Å². The summed E-state index contributed by atoms with van der Waals surface area (Å²) in [6.07, 6.45) is 1.60. The third-order valence-corrected chi connectivity index (χ3v) is 5.83. The number of carbonyl (C=O) groups is 1. The number of nitrogens with zero attached hydrogens (tertiary/aromatic N) is 5. The van der Waals surface area contributed by atoms with Crippen LogP contribution in [0.1, 0.15) is 48.2 Å².